The normalized spacial score (nSPS) is 12.8. The third kappa shape index (κ3) is 2.35. The minimum atomic E-state index is -0.264. The molecule has 6 heteroatoms. The third-order valence-electron chi connectivity index (χ3n) is 2.90. The molecule has 0 atom stereocenters. The van der Waals surface area contributed by atoms with Crippen molar-refractivity contribution in [3.05, 3.63) is 42.2 Å². The summed E-state index contributed by atoms with van der Waals surface area (Å²) < 4.78 is 10.9. The lowest BCUT2D eigenvalue weighted by molar-refractivity contribution is 0.102. The lowest BCUT2D eigenvalue weighted by Gasteiger charge is -2.18. The molecule has 2 aromatic rings. The highest BCUT2D eigenvalue weighted by Crippen LogP contribution is 2.31. The zero-order chi connectivity index (χ0) is 13.9. The molecular formula is C14H13N3O3. The zero-order valence-electron chi connectivity index (χ0n) is 10.6. The second-order valence-electron chi connectivity index (χ2n) is 4.28. The molecule has 0 aliphatic carbocycles. The Hall–Kier alpha value is -2.76. The van der Waals surface area contributed by atoms with Crippen LogP contribution < -0.4 is 20.5 Å². The molecule has 0 saturated heterocycles. The number of ether oxygens (including phenoxy) is 2. The van der Waals surface area contributed by atoms with Crippen molar-refractivity contribution in [1.29, 1.82) is 0 Å². The first-order valence-corrected chi connectivity index (χ1v) is 6.14. The number of nitrogens with zero attached hydrogens (tertiary/aromatic N) is 1. The predicted octanol–water partition coefficient (Wildman–Crippen LogP) is 1.69. The molecule has 2 heterocycles. The molecule has 0 saturated carbocycles. The van der Waals surface area contributed by atoms with Crippen LogP contribution in [0, 0.1) is 0 Å². The highest BCUT2D eigenvalue weighted by Gasteiger charge is 2.15. The Labute approximate surface area is 115 Å². The van der Waals surface area contributed by atoms with Crippen LogP contribution in [0.5, 0.6) is 11.5 Å². The van der Waals surface area contributed by atoms with E-state index in [0.717, 1.165) is 0 Å². The molecule has 0 radical (unpaired) electrons. The van der Waals surface area contributed by atoms with Gasteiger partial charge in [-0.25, -0.2) is 0 Å². The number of benzene rings is 1. The van der Waals surface area contributed by atoms with Crippen LogP contribution in [0.15, 0.2) is 36.7 Å². The fraction of sp³-hybridized carbons (Fsp3) is 0.143. The topological polar surface area (TPSA) is 86.5 Å². The van der Waals surface area contributed by atoms with Gasteiger partial charge in [-0.05, 0) is 24.3 Å². The highest BCUT2D eigenvalue weighted by atomic mass is 16.6. The van der Waals surface area contributed by atoms with Gasteiger partial charge in [-0.15, -0.1) is 0 Å². The Kier molecular flexibility index (Phi) is 3.12. The first-order chi connectivity index (χ1) is 9.74. The molecule has 3 N–H and O–H groups in total. The summed E-state index contributed by atoms with van der Waals surface area (Å²) in [7, 11) is 0. The number of nitrogen functional groups attached to an aromatic ring is 1. The van der Waals surface area contributed by atoms with Crippen LogP contribution in [-0.2, 0) is 0 Å². The van der Waals surface area contributed by atoms with E-state index in [0.29, 0.717) is 41.7 Å². The van der Waals surface area contributed by atoms with Crippen molar-refractivity contribution in [2.75, 3.05) is 24.3 Å². The molecule has 20 heavy (non-hydrogen) atoms. The van der Waals surface area contributed by atoms with E-state index >= 15 is 0 Å². The lowest BCUT2D eigenvalue weighted by atomic mass is 10.1. The Morgan fingerprint density at radius 3 is 2.80 bits per heavy atom. The fourth-order valence-corrected chi connectivity index (χ4v) is 1.90. The first kappa shape index (κ1) is 12.3. The largest absolute Gasteiger partial charge is 0.486 e. The van der Waals surface area contributed by atoms with Gasteiger partial charge in [0.05, 0.1) is 17.6 Å². The number of pyridine rings is 1. The summed E-state index contributed by atoms with van der Waals surface area (Å²) in [6.07, 6.45) is 3.05. The molecular weight excluding hydrogens is 258 g/mol. The molecule has 6 nitrogen and oxygen atoms in total. The number of hydrogen-bond acceptors (Lipinski definition) is 5. The summed E-state index contributed by atoms with van der Waals surface area (Å²) in [5, 5.41) is 2.73. The van der Waals surface area contributed by atoms with Crippen LogP contribution >= 0.6 is 0 Å². The Morgan fingerprint density at radius 2 is 2.00 bits per heavy atom. The maximum atomic E-state index is 12.2. The van der Waals surface area contributed by atoms with Crippen LogP contribution in [-0.4, -0.2) is 24.1 Å². The van der Waals surface area contributed by atoms with Gasteiger partial charge < -0.3 is 20.5 Å². The summed E-state index contributed by atoms with van der Waals surface area (Å²) in [5.41, 5.74) is 7.16. The van der Waals surface area contributed by atoms with E-state index in [1.165, 1.54) is 6.20 Å². The molecule has 0 bridgehead atoms. The van der Waals surface area contributed by atoms with E-state index < -0.39 is 0 Å². The van der Waals surface area contributed by atoms with E-state index in [1.54, 1.807) is 30.5 Å². The summed E-state index contributed by atoms with van der Waals surface area (Å²) in [6, 6.07) is 6.70. The fourth-order valence-electron chi connectivity index (χ4n) is 1.90. The van der Waals surface area contributed by atoms with E-state index in [9.17, 15) is 4.79 Å². The van der Waals surface area contributed by atoms with Crippen LogP contribution in [0.4, 0.5) is 11.4 Å². The highest BCUT2D eigenvalue weighted by molar-refractivity contribution is 6.06. The Bertz CT molecular complexity index is 658. The second kappa shape index (κ2) is 5.08. The van der Waals surface area contributed by atoms with Crippen molar-refractivity contribution < 1.29 is 14.3 Å². The van der Waals surface area contributed by atoms with Crippen LogP contribution in [0.1, 0.15) is 10.4 Å². The number of fused-ring (bicyclic) bond motifs is 1. The standard InChI is InChI=1S/C14H13N3O3/c15-10-8-16-4-3-11(10)17-14(18)9-1-2-12-13(7-9)20-6-5-19-12/h1-4,7-8H,5-6,15H2,(H,16,17,18). The van der Waals surface area contributed by atoms with Gasteiger partial charge in [0.25, 0.3) is 5.91 Å². The number of carbonyl (C=O) groups excluding carboxylic acids is 1. The van der Waals surface area contributed by atoms with Crippen LogP contribution in [0.3, 0.4) is 0 Å². The van der Waals surface area contributed by atoms with Crippen molar-refractivity contribution in [2.45, 2.75) is 0 Å². The number of nitrogens with two attached hydrogens (primary N) is 1. The van der Waals surface area contributed by atoms with Crippen LogP contribution in [0.2, 0.25) is 0 Å². The second-order valence-corrected chi connectivity index (χ2v) is 4.28. The molecule has 0 unspecified atom stereocenters. The summed E-state index contributed by atoms with van der Waals surface area (Å²) in [6.45, 7) is 1.00. The molecule has 1 aromatic carbocycles. The van der Waals surface area contributed by atoms with Gasteiger partial charge in [-0.2, -0.15) is 0 Å². The summed E-state index contributed by atoms with van der Waals surface area (Å²) >= 11 is 0. The summed E-state index contributed by atoms with van der Waals surface area (Å²) in [4.78, 5) is 16.0. The van der Waals surface area contributed by atoms with E-state index in [2.05, 4.69) is 10.3 Å². The smallest absolute Gasteiger partial charge is 0.255 e. The molecule has 102 valence electrons. The van der Waals surface area contributed by atoms with Crippen molar-refractivity contribution in [3.63, 3.8) is 0 Å². The minimum Gasteiger partial charge on any atom is -0.486 e. The number of nitrogens with one attached hydrogen (secondary N) is 1. The Balaban J connectivity index is 1.82. The number of aromatic nitrogens is 1. The first-order valence-electron chi connectivity index (χ1n) is 6.14. The van der Waals surface area contributed by atoms with Crippen molar-refractivity contribution in [2.24, 2.45) is 0 Å². The average Bonchev–Trinajstić information content (AvgIpc) is 2.49. The number of carbonyl (C=O) groups is 1. The quantitative estimate of drug-likeness (QED) is 0.868. The van der Waals surface area contributed by atoms with Crippen molar-refractivity contribution >= 4 is 17.3 Å². The molecule has 3 rings (SSSR count). The van der Waals surface area contributed by atoms with Gasteiger partial charge in [-0.3, -0.25) is 9.78 Å². The molecule has 1 amide bonds. The lowest BCUT2D eigenvalue weighted by Crippen LogP contribution is -2.17. The maximum absolute atomic E-state index is 12.2. The van der Waals surface area contributed by atoms with E-state index in [1.807, 2.05) is 0 Å². The monoisotopic (exact) mass is 271 g/mol. The van der Waals surface area contributed by atoms with Crippen molar-refractivity contribution in [1.82, 2.24) is 4.98 Å². The Morgan fingerprint density at radius 1 is 1.20 bits per heavy atom. The van der Waals surface area contributed by atoms with Gasteiger partial charge >= 0.3 is 0 Å². The predicted molar refractivity (Wildman–Crippen MR) is 74.0 cm³/mol. The van der Waals surface area contributed by atoms with Crippen LogP contribution in [0.25, 0.3) is 0 Å². The molecule has 0 spiro atoms. The molecule has 1 aliphatic heterocycles. The van der Waals surface area contributed by atoms with Crippen molar-refractivity contribution in [3.8, 4) is 11.5 Å². The average molecular weight is 271 g/mol. The van der Waals surface area contributed by atoms with Gasteiger partial charge in [0.2, 0.25) is 0 Å². The summed E-state index contributed by atoms with van der Waals surface area (Å²) in [5.74, 6) is 0.961. The van der Waals surface area contributed by atoms with Gasteiger partial charge in [0, 0.05) is 11.8 Å². The van der Waals surface area contributed by atoms with E-state index in [4.69, 9.17) is 15.2 Å². The number of rotatable bonds is 2. The van der Waals surface area contributed by atoms with E-state index in [-0.39, 0.29) is 5.91 Å². The number of amides is 1. The SMILES string of the molecule is Nc1cnccc1NC(=O)c1ccc2c(c1)OCCO2. The molecule has 0 fully saturated rings. The molecule has 1 aromatic heterocycles. The minimum absolute atomic E-state index is 0.264. The van der Waals surface area contributed by atoms with Gasteiger partial charge in [0.1, 0.15) is 13.2 Å². The maximum Gasteiger partial charge on any atom is 0.255 e. The number of anilines is 2. The third-order valence-corrected chi connectivity index (χ3v) is 2.90. The van der Waals surface area contributed by atoms with Gasteiger partial charge in [0.15, 0.2) is 11.5 Å². The number of hydrogen-bond donors (Lipinski definition) is 2. The zero-order valence-corrected chi connectivity index (χ0v) is 10.6. The van der Waals surface area contributed by atoms with Gasteiger partial charge in [-0.1, -0.05) is 0 Å². The molecule has 1 aliphatic rings.